The van der Waals surface area contributed by atoms with Gasteiger partial charge in [0.15, 0.2) is 0 Å². The van der Waals surface area contributed by atoms with Gasteiger partial charge in [0.05, 0.1) is 26.4 Å². The first-order valence-electron chi connectivity index (χ1n) is 12.4. The minimum Gasteiger partial charge on any atom is -0.376 e. The molecule has 0 radical (unpaired) electrons. The van der Waals surface area contributed by atoms with E-state index in [0.717, 1.165) is 56.3 Å². The van der Waals surface area contributed by atoms with E-state index in [0.29, 0.717) is 26.4 Å². The Kier molecular flexibility index (Phi) is 16.4. The van der Waals surface area contributed by atoms with E-state index in [4.69, 9.17) is 19.2 Å². The molecule has 0 aliphatic carbocycles. The molecule has 0 spiro atoms. The summed E-state index contributed by atoms with van der Waals surface area (Å²) in [5.74, 6) is 0.219. The quantitative estimate of drug-likeness (QED) is 0.150. The summed E-state index contributed by atoms with van der Waals surface area (Å²) in [5, 5.41) is 23.0. The summed E-state index contributed by atoms with van der Waals surface area (Å²) in [7, 11) is 1.68. The first kappa shape index (κ1) is 30.2. The lowest BCUT2D eigenvalue weighted by Gasteiger charge is -2.28. The minimum absolute atomic E-state index is 0.0133. The molecule has 12 heteroatoms. The number of aliphatic hydroxyl groups excluding tert-OH is 2. The second-order valence-corrected chi connectivity index (χ2v) is 7.71. The Morgan fingerprint density at radius 1 is 0.706 bits per heavy atom. The predicted octanol–water partition coefficient (Wildman–Crippen LogP) is 3.16. The summed E-state index contributed by atoms with van der Waals surface area (Å²) in [6, 6.07) is 0. The van der Waals surface area contributed by atoms with Crippen LogP contribution in [-0.2, 0) is 19.2 Å². The second-order valence-electron chi connectivity index (χ2n) is 7.71. The highest BCUT2D eigenvalue weighted by Gasteiger charge is 2.24. The summed E-state index contributed by atoms with van der Waals surface area (Å²) < 4.78 is 5.43. The molecule has 0 aromatic carbocycles. The molecule has 0 fully saturated rings. The average Bonchev–Trinajstić information content (AvgIpc) is 2.84. The van der Waals surface area contributed by atoms with Crippen LogP contribution in [0.25, 0.3) is 0 Å². The first-order chi connectivity index (χ1) is 16.5. The summed E-state index contributed by atoms with van der Waals surface area (Å²) in [6.45, 7) is 9.27. The van der Waals surface area contributed by atoms with Crippen LogP contribution in [0.1, 0.15) is 79.1 Å². The van der Waals surface area contributed by atoms with Crippen molar-refractivity contribution in [2.24, 2.45) is 0 Å². The molecular weight excluding hydrogens is 444 g/mol. The van der Waals surface area contributed by atoms with Crippen LogP contribution in [0.3, 0.4) is 0 Å². The maximum atomic E-state index is 10.5. The molecule has 34 heavy (non-hydrogen) atoms. The number of aromatic nitrogens is 3. The third-order valence-electron chi connectivity index (χ3n) is 4.68. The van der Waals surface area contributed by atoms with Crippen molar-refractivity contribution in [1.29, 1.82) is 0 Å². The molecule has 1 rings (SSSR count). The second kappa shape index (κ2) is 18.5. The highest BCUT2D eigenvalue weighted by molar-refractivity contribution is 5.43. The van der Waals surface area contributed by atoms with Crippen molar-refractivity contribution in [2.45, 2.75) is 85.5 Å². The summed E-state index contributed by atoms with van der Waals surface area (Å²) in [6.07, 6.45) is 5.62. The van der Waals surface area contributed by atoms with Gasteiger partial charge < -0.3 is 14.9 Å². The fourth-order valence-electron chi connectivity index (χ4n) is 2.49. The predicted molar refractivity (Wildman–Crippen MR) is 130 cm³/mol. The van der Waals surface area contributed by atoms with Crippen molar-refractivity contribution >= 4 is 17.8 Å². The number of anilines is 3. The van der Waals surface area contributed by atoms with Crippen LogP contribution in [0.5, 0.6) is 0 Å². The number of rotatable bonds is 21. The lowest BCUT2D eigenvalue weighted by Crippen LogP contribution is -2.40. The zero-order chi connectivity index (χ0) is 25.2. The van der Waals surface area contributed by atoms with Crippen molar-refractivity contribution in [1.82, 2.24) is 15.0 Å². The SMILES string of the molecule is CCCCOC(O)N(CO)c1nc(N(C)OCCCC)nc(N(OCCCC)OCCCC)n1. The van der Waals surface area contributed by atoms with Gasteiger partial charge in [-0.2, -0.15) is 15.0 Å². The summed E-state index contributed by atoms with van der Waals surface area (Å²) >= 11 is 0. The molecule has 1 aromatic heterocycles. The van der Waals surface area contributed by atoms with Gasteiger partial charge in [-0.3, -0.25) is 9.74 Å². The Balaban J connectivity index is 3.27. The Morgan fingerprint density at radius 2 is 1.18 bits per heavy atom. The molecule has 1 unspecified atom stereocenters. The van der Waals surface area contributed by atoms with Crippen LogP contribution in [0.15, 0.2) is 0 Å². The summed E-state index contributed by atoms with van der Waals surface area (Å²) in [5.41, 5.74) is 0. The van der Waals surface area contributed by atoms with E-state index in [1.165, 1.54) is 10.3 Å². The molecule has 0 amide bonds. The van der Waals surface area contributed by atoms with Crippen LogP contribution in [0, 0.1) is 0 Å². The van der Waals surface area contributed by atoms with E-state index >= 15 is 0 Å². The van der Waals surface area contributed by atoms with Gasteiger partial charge in [0, 0.05) is 7.05 Å². The van der Waals surface area contributed by atoms with E-state index in [-0.39, 0.29) is 17.8 Å². The van der Waals surface area contributed by atoms with Gasteiger partial charge in [0.25, 0.3) is 11.9 Å². The molecule has 0 saturated carbocycles. The summed E-state index contributed by atoms with van der Waals surface area (Å²) in [4.78, 5) is 31.6. The number of hydroxylamine groups is 1. The van der Waals surface area contributed by atoms with Crippen LogP contribution < -0.4 is 15.2 Å². The highest BCUT2D eigenvalue weighted by Crippen LogP contribution is 2.21. The molecule has 0 aliphatic heterocycles. The molecular formula is C22H44N6O6. The van der Waals surface area contributed by atoms with Gasteiger partial charge in [-0.05, 0) is 25.7 Å². The molecule has 0 saturated heterocycles. The van der Waals surface area contributed by atoms with Crippen molar-refractivity contribution in [3.63, 3.8) is 0 Å². The Hall–Kier alpha value is -1.83. The fourth-order valence-corrected chi connectivity index (χ4v) is 2.49. The van der Waals surface area contributed by atoms with Gasteiger partial charge in [-0.25, -0.2) is 14.7 Å². The largest absolute Gasteiger partial charge is 0.376 e. The molecule has 12 nitrogen and oxygen atoms in total. The lowest BCUT2D eigenvalue weighted by atomic mass is 10.4. The maximum Gasteiger partial charge on any atom is 0.284 e. The Labute approximate surface area is 203 Å². The molecule has 2 N–H and O–H groups in total. The number of aliphatic hydroxyl groups is 2. The topological polar surface area (TPSA) is 126 Å². The van der Waals surface area contributed by atoms with Crippen LogP contribution in [-0.4, -0.2) is 71.8 Å². The first-order valence-corrected chi connectivity index (χ1v) is 12.4. The van der Waals surface area contributed by atoms with Gasteiger partial charge in [0.1, 0.15) is 6.73 Å². The van der Waals surface area contributed by atoms with E-state index in [1.54, 1.807) is 7.05 Å². The lowest BCUT2D eigenvalue weighted by molar-refractivity contribution is -0.108. The van der Waals surface area contributed by atoms with Gasteiger partial charge in [0.2, 0.25) is 12.4 Å². The van der Waals surface area contributed by atoms with Crippen molar-refractivity contribution in [3.8, 4) is 0 Å². The van der Waals surface area contributed by atoms with E-state index in [1.807, 2.05) is 6.92 Å². The van der Waals surface area contributed by atoms with Crippen LogP contribution in [0.4, 0.5) is 17.8 Å². The average molecular weight is 489 g/mol. The van der Waals surface area contributed by atoms with Crippen molar-refractivity contribution in [3.05, 3.63) is 0 Å². The molecule has 1 aromatic rings. The van der Waals surface area contributed by atoms with Crippen LogP contribution in [0.2, 0.25) is 0 Å². The molecule has 198 valence electrons. The molecule has 1 heterocycles. The zero-order valence-corrected chi connectivity index (χ0v) is 21.5. The number of hydrogen-bond acceptors (Lipinski definition) is 12. The third-order valence-corrected chi connectivity index (χ3v) is 4.68. The third kappa shape index (κ3) is 11.1. The number of hydrogen-bond donors (Lipinski definition) is 2. The Bertz CT molecular complexity index is 634. The zero-order valence-electron chi connectivity index (χ0n) is 21.5. The van der Waals surface area contributed by atoms with Gasteiger partial charge in [-0.15, -0.1) is 0 Å². The normalized spacial score (nSPS) is 12.1. The van der Waals surface area contributed by atoms with E-state index in [9.17, 15) is 10.2 Å². The van der Waals surface area contributed by atoms with Crippen molar-refractivity contribution in [2.75, 3.05) is 55.4 Å². The number of ether oxygens (including phenoxy) is 1. The number of unbranched alkanes of at least 4 members (excludes halogenated alkanes) is 4. The monoisotopic (exact) mass is 488 g/mol. The molecule has 0 aliphatic rings. The standard InChI is InChI=1S/C22H44N6O6/c1-6-10-14-31-22(30)27(18-29)20-23-19(26(5)32-15-11-7-2)24-21(25-20)28(33-16-12-8-3)34-17-13-9-4/h22,29-30H,6-18H2,1-5H3. The van der Waals surface area contributed by atoms with E-state index < -0.39 is 13.1 Å². The van der Waals surface area contributed by atoms with Crippen molar-refractivity contribution < 1.29 is 29.5 Å². The van der Waals surface area contributed by atoms with Crippen LogP contribution >= 0.6 is 0 Å². The molecule has 0 bridgehead atoms. The fraction of sp³-hybridized carbons (Fsp3) is 0.864. The number of nitrogens with zero attached hydrogens (tertiary/aromatic N) is 6. The van der Waals surface area contributed by atoms with Gasteiger partial charge >= 0.3 is 0 Å². The maximum absolute atomic E-state index is 10.5. The minimum atomic E-state index is -1.44. The van der Waals surface area contributed by atoms with E-state index in [2.05, 4.69) is 35.7 Å². The Morgan fingerprint density at radius 3 is 1.71 bits per heavy atom. The smallest absolute Gasteiger partial charge is 0.284 e. The highest BCUT2D eigenvalue weighted by atomic mass is 16.9. The molecule has 1 atom stereocenters. The van der Waals surface area contributed by atoms with Gasteiger partial charge in [-0.1, -0.05) is 58.6 Å².